The van der Waals surface area contributed by atoms with Crippen molar-refractivity contribution in [3.8, 4) is 0 Å². The van der Waals surface area contributed by atoms with E-state index in [0.29, 0.717) is 11.8 Å². The Morgan fingerprint density at radius 1 is 1.41 bits per heavy atom. The lowest BCUT2D eigenvalue weighted by Crippen LogP contribution is -2.26. The Labute approximate surface area is 113 Å². The smallest absolute Gasteiger partial charge is 0.0738 e. The van der Waals surface area contributed by atoms with Crippen molar-refractivity contribution in [1.82, 2.24) is 15.1 Å². The summed E-state index contributed by atoms with van der Waals surface area (Å²) in [4.78, 5) is 0. The Morgan fingerprint density at radius 2 is 2.06 bits per heavy atom. The maximum absolute atomic E-state index is 4.55. The molecule has 1 heterocycles. The van der Waals surface area contributed by atoms with Crippen LogP contribution in [0.1, 0.15) is 32.2 Å². The highest BCUT2D eigenvalue weighted by molar-refractivity contribution is 9.10. The average molecular weight is 302 g/mol. The topological polar surface area (TPSA) is 29.9 Å². The van der Waals surface area contributed by atoms with Crippen molar-refractivity contribution in [3.63, 3.8) is 0 Å². The van der Waals surface area contributed by atoms with E-state index in [1.807, 2.05) is 7.05 Å². The molecule has 0 aliphatic heterocycles. The van der Waals surface area contributed by atoms with Crippen LogP contribution in [0, 0.1) is 18.8 Å². The number of hydrogen-bond acceptors (Lipinski definition) is 2. The Hall–Kier alpha value is -0.350. The molecule has 1 unspecified atom stereocenters. The molecule has 1 aromatic rings. The van der Waals surface area contributed by atoms with Crippen LogP contribution in [-0.4, -0.2) is 23.4 Å². The second kappa shape index (κ2) is 6.55. The first kappa shape index (κ1) is 14.7. The zero-order valence-electron chi connectivity index (χ0n) is 11.5. The molecule has 1 aromatic heterocycles. The second-order valence-electron chi connectivity index (χ2n) is 4.93. The summed E-state index contributed by atoms with van der Waals surface area (Å²) < 4.78 is 3.30. The zero-order chi connectivity index (χ0) is 13.0. The van der Waals surface area contributed by atoms with Gasteiger partial charge >= 0.3 is 0 Å². The molecule has 0 aromatic carbocycles. The summed E-state index contributed by atoms with van der Waals surface area (Å²) in [5.74, 6) is 1.33. The Kier molecular flexibility index (Phi) is 5.67. The lowest BCUT2D eigenvalue weighted by Gasteiger charge is -2.21. The molecule has 0 aliphatic rings. The van der Waals surface area contributed by atoms with Gasteiger partial charge in [0, 0.05) is 6.54 Å². The van der Waals surface area contributed by atoms with Gasteiger partial charge in [-0.25, -0.2) is 0 Å². The van der Waals surface area contributed by atoms with Crippen molar-refractivity contribution in [2.75, 3.05) is 13.6 Å². The minimum atomic E-state index is 0.651. The third-order valence-corrected chi connectivity index (χ3v) is 4.35. The van der Waals surface area contributed by atoms with Crippen molar-refractivity contribution in [2.24, 2.45) is 11.8 Å². The lowest BCUT2D eigenvalue weighted by atomic mass is 9.91. The molecule has 0 saturated heterocycles. The first-order valence-electron chi connectivity index (χ1n) is 6.37. The summed E-state index contributed by atoms with van der Waals surface area (Å²) >= 11 is 3.67. The predicted octanol–water partition coefficient (Wildman–Crippen LogP) is 3.01. The Bertz CT molecular complexity index is 358. The Balaban J connectivity index is 2.91. The van der Waals surface area contributed by atoms with E-state index in [1.165, 1.54) is 10.2 Å². The van der Waals surface area contributed by atoms with Crippen molar-refractivity contribution in [3.05, 3.63) is 15.9 Å². The van der Waals surface area contributed by atoms with Crippen molar-refractivity contribution >= 4 is 15.9 Å². The van der Waals surface area contributed by atoms with Gasteiger partial charge in [0.25, 0.3) is 0 Å². The van der Waals surface area contributed by atoms with Crippen molar-refractivity contribution in [1.29, 1.82) is 0 Å². The van der Waals surface area contributed by atoms with E-state index in [9.17, 15) is 0 Å². The van der Waals surface area contributed by atoms with E-state index in [1.54, 1.807) is 0 Å². The first-order valence-corrected chi connectivity index (χ1v) is 7.16. The fourth-order valence-electron chi connectivity index (χ4n) is 2.12. The van der Waals surface area contributed by atoms with E-state index in [-0.39, 0.29) is 0 Å². The SMILES string of the molecule is CCn1nc(C)c(Br)c1CC(CNC)C(C)C. The molecule has 0 fully saturated rings. The molecule has 0 aliphatic carbocycles. The van der Waals surface area contributed by atoms with E-state index in [0.717, 1.165) is 25.2 Å². The molecule has 0 spiro atoms. The summed E-state index contributed by atoms with van der Waals surface area (Å²) in [6, 6.07) is 0. The van der Waals surface area contributed by atoms with Gasteiger partial charge in [-0.15, -0.1) is 0 Å². The second-order valence-corrected chi connectivity index (χ2v) is 5.72. The predicted molar refractivity (Wildman–Crippen MR) is 76.3 cm³/mol. The van der Waals surface area contributed by atoms with Crippen LogP contribution in [0.25, 0.3) is 0 Å². The molecule has 0 radical (unpaired) electrons. The van der Waals surface area contributed by atoms with Gasteiger partial charge in [0.15, 0.2) is 0 Å². The number of nitrogens with zero attached hydrogens (tertiary/aromatic N) is 2. The van der Waals surface area contributed by atoms with Gasteiger partial charge in [-0.2, -0.15) is 5.10 Å². The molecular weight excluding hydrogens is 278 g/mol. The number of aryl methyl sites for hydroxylation is 2. The maximum atomic E-state index is 4.55. The Morgan fingerprint density at radius 3 is 2.53 bits per heavy atom. The van der Waals surface area contributed by atoms with E-state index >= 15 is 0 Å². The normalized spacial score (nSPS) is 13.4. The van der Waals surface area contributed by atoms with Gasteiger partial charge in [-0.05, 0) is 61.6 Å². The van der Waals surface area contributed by atoms with Crippen molar-refractivity contribution < 1.29 is 0 Å². The van der Waals surface area contributed by atoms with Crippen LogP contribution in [0.5, 0.6) is 0 Å². The summed E-state index contributed by atoms with van der Waals surface area (Å²) in [6.45, 7) is 10.8. The molecule has 17 heavy (non-hydrogen) atoms. The first-order chi connectivity index (χ1) is 8.01. The molecule has 0 bridgehead atoms. The van der Waals surface area contributed by atoms with Crippen molar-refractivity contribution in [2.45, 2.75) is 40.7 Å². The highest BCUT2D eigenvalue weighted by atomic mass is 79.9. The molecule has 4 heteroatoms. The molecule has 3 nitrogen and oxygen atoms in total. The summed E-state index contributed by atoms with van der Waals surface area (Å²) in [6.07, 6.45) is 1.08. The highest BCUT2D eigenvalue weighted by Gasteiger charge is 2.19. The summed E-state index contributed by atoms with van der Waals surface area (Å²) in [5, 5.41) is 7.84. The summed E-state index contributed by atoms with van der Waals surface area (Å²) in [7, 11) is 2.02. The van der Waals surface area contributed by atoms with Gasteiger partial charge in [-0.3, -0.25) is 4.68 Å². The number of halogens is 1. The highest BCUT2D eigenvalue weighted by Crippen LogP contribution is 2.26. The fraction of sp³-hybridized carbons (Fsp3) is 0.769. The molecule has 0 amide bonds. The molecule has 1 rings (SSSR count). The van der Waals surface area contributed by atoms with E-state index in [2.05, 4.69) is 58.7 Å². The van der Waals surface area contributed by atoms with Gasteiger partial charge in [-0.1, -0.05) is 13.8 Å². The molecule has 1 N–H and O–H groups in total. The number of nitrogens with one attached hydrogen (secondary N) is 1. The van der Waals surface area contributed by atoms with Crippen LogP contribution in [0.15, 0.2) is 4.47 Å². The van der Waals surface area contributed by atoms with E-state index in [4.69, 9.17) is 0 Å². The zero-order valence-corrected chi connectivity index (χ0v) is 13.1. The molecule has 98 valence electrons. The minimum absolute atomic E-state index is 0.651. The van der Waals surface area contributed by atoms with Crippen LogP contribution in [0.2, 0.25) is 0 Å². The lowest BCUT2D eigenvalue weighted by molar-refractivity contribution is 0.360. The molecule has 1 atom stereocenters. The third-order valence-electron chi connectivity index (χ3n) is 3.32. The van der Waals surface area contributed by atoms with Crippen LogP contribution in [-0.2, 0) is 13.0 Å². The van der Waals surface area contributed by atoms with Crippen LogP contribution in [0.4, 0.5) is 0 Å². The van der Waals surface area contributed by atoms with Crippen LogP contribution < -0.4 is 5.32 Å². The fourth-order valence-corrected chi connectivity index (χ4v) is 2.56. The maximum Gasteiger partial charge on any atom is 0.0738 e. The van der Waals surface area contributed by atoms with Gasteiger partial charge < -0.3 is 5.32 Å². The van der Waals surface area contributed by atoms with Crippen LogP contribution in [0.3, 0.4) is 0 Å². The third kappa shape index (κ3) is 3.55. The standard InChI is InChI=1S/C13H24BrN3/c1-6-17-12(13(14)10(4)16-17)7-11(8-15-5)9(2)3/h9,11,15H,6-8H2,1-5H3. The summed E-state index contributed by atoms with van der Waals surface area (Å²) in [5.41, 5.74) is 2.42. The molecular formula is C13H24BrN3. The number of rotatable bonds is 6. The van der Waals surface area contributed by atoms with Gasteiger partial charge in [0.2, 0.25) is 0 Å². The number of aromatic nitrogens is 2. The largest absolute Gasteiger partial charge is 0.319 e. The van der Waals surface area contributed by atoms with Gasteiger partial charge in [0.05, 0.1) is 15.9 Å². The minimum Gasteiger partial charge on any atom is -0.319 e. The average Bonchev–Trinajstić information content (AvgIpc) is 2.55. The molecule has 0 saturated carbocycles. The number of hydrogen-bond donors (Lipinski definition) is 1. The quantitative estimate of drug-likeness (QED) is 0.875. The van der Waals surface area contributed by atoms with Gasteiger partial charge in [0.1, 0.15) is 0 Å². The monoisotopic (exact) mass is 301 g/mol. The van der Waals surface area contributed by atoms with E-state index < -0.39 is 0 Å². The van der Waals surface area contributed by atoms with Crippen LogP contribution >= 0.6 is 15.9 Å².